The quantitative estimate of drug-likeness (QED) is 0.318. The molecule has 29 heavy (non-hydrogen) atoms. The van der Waals surface area contributed by atoms with Crippen LogP contribution < -0.4 is 5.73 Å². The van der Waals surface area contributed by atoms with Crippen LogP contribution in [0.5, 0.6) is 0 Å². The fourth-order valence-corrected chi connectivity index (χ4v) is 4.77. The molecule has 3 rings (SSSR count). The zero-order valence-electron chi connectivity index (χ0n) is 16.2. The van der Waals surface area contributed by atoms with Crippen molar-refractivity contribution in [2.75, 3.05) is 12.4 Å². The van der Waals surface area contributed by atoms with E-state index < -0.39 is 16.8 Å². The fourth-order valence-electron chi connectivity index (χ4n) is 3.30. The highest BCUT2D eigenvalue weighted by Crippen LogP contribution is 2.48. The molecule has 0 aromatic heterocycles. The first-order valence-electron chi connectivity index (χ1n) is 9.52. The monoisotopic (exact) mass is 403 g/mol. The predicted octanol–water partition coefficient (Wildman–Crippen LogP) is 4.77. The molecule has 3 nitrogen and oxygen atoms in total. The number of esters is 1. The highest BCUT2D eigenvalue weighted by Gasteiger charge is 2.37. The van der Waals surface area contributed by atoms with Gasteiger partial charge >= 0.3 is 5.97 Å². The SMILES string of the molecule is C=CCOC(=O)[C@@H](N)CSC(c1ccccc1)(c1ccccc1)c1ccccc1. The van der Waals surface area contributed by atoms with Crippen molar-refractivity contribution < 1.29 is 9.53 Å². The first-order chi connectivity index (χ1) is 14.2. The smallest absolute Gasteiger partial charge is 0.324 e. The van der Waals surface area contributed by atoms with Crippen LogP contribution in [0, 0.1) is 0 Å². The Morgan fingerprint density at radius 2 is 1.31 bits per heavy atom. The van der Waals surface area contributed by atoms with Crippen molar-refractivity contribution in [3.05, 3.63) is 120 Å². The van der Waals surface area contributed by atoms with Crippen molar-refractivity contribution in [1.82, 2.24) is 0 Å². The lowest BCUT2D eigenvalue weighted by Crippen LogP contribution is -2.37. The minimum absolute atomic E-state index is 0.165. The van der Waals surface area contributed by atoms with Gasteiger partial charge < -0.3 is 10.5 Å². The summed E-state index contributed by atoms with van der Waals surface area (Å²) in [4.78, 5) is 12.2. The zero-order valence-corrected chi connectivity index (χ0v) is 17.1. The normalized spacial score (nSPS) is 12.2. The van der Waals surface area contributed by atoms with E-state index in [2.05, 4.69) is 43.0 Å². The highest BCUT2D eigenvalue weighted by atomic mass is 32.2. The Kier molecular flexibility index (Phi) is 7.28. The maximum Gasteiger partial charge on any atom is 0.324 e. The van der Waals surface area contributed by atoms with E-state index >= 15 is 0 Å². The van der Waals surface area contributed by atoms with Crippen LogP contribution >= 0.6 is 11.8 Å². The van der Waals surface area contributed by atoms with Crippen molar-refractivity contribution in [1.29, 1.82) is 0 Å². The number of benzene rings is 3. The summed E-state index contributed by atoms with van der Waals surface area (Å²) in [6.45, 7) is 3.74. The van der Waals surface area contributed by atoms with Gasteiger partial charge in [0.25, 0.3) is 0 Å². The lowest BCUT2D eigenvalue weighted by Gasteiger charge is -2.36. The molecule has 3 aromatic carbocycles. The predicted molar refractivity (Wildman–Crippen MR) is 121 cm³/mol. The van der Waals surface area contributed by atoms with Gasteiger partial charge in [-0.1, -0.05) is 104 Å². The van der Waals surface area contributed by atoms with Crippen molar-refractivity contribution >= 4 is 17.7 Å². The van der Waals surface area contributed by atoms with Gasteiger partial charge in [-0.15, -0.1) is 11.8 Å². The van der Waals surface area contributed by atoms with Gasteiger partial charge in [-0.3, -0.25) is 4.79 Å². The maximum atomic E-state index is 12.2. The second-order valence-corrected chi connectivity index (χ2v) is 7.85. The van der Waals surface area contributed by atoms with Crippen LogP contribution in [0.1, 0.15) is 16.7 Å². The van der Waals surface area contributed by atoms with Crippen molar-refractivity contribution in [2.45, 2.75) is 10.8 Å². The number of hydrogen-bond acceptors (Lipinski definition) is 4. The number of hydrogen-bond donors (Lipinski definition) is 1. The van der Waals surface area contributed by atoms with Gasteiger partial charge in [0.2, 0.25) is 0 Å². The Labute approximate surface area is 176 Å². The van der Waals surface area contributed by atoms with Crippen LogP contribution in [0.2, 0.25) is 0 Å². The van der Waals surface area contributed by atoms with Gasteiger partial charge in [0, 0.05) is 5.75 Å². The van der Waals surface area contributed by atoms with E-state index in [0.717, 1.165) is 16.7 Å². The molecule has 0 bridgehead atoms. The lowest BCUT2D eigenvalue weighted by atomic mass is 9.84. The molecular weight excluding hydrogens is 378 g/mol. The fraction of sp³-hybridized carbons (Fsp3) is 0.160. The van der Waals surface area contributed by atoms with E-state index in [9.17, 15) is 4.79 Å². The summed E-state index contributed by atoms with van der Waals surface area (Å²) in [7, 11) is 0. The zero-order chi connectivity index (χ0) is 20.5. The second-order valence-electron chi connectivity index (χ2n) is 6.62. The molecule has 1 atom stereocenters. The minimum atomic E-state index is -0.726. The molecule has 0 radical (unpaired) electrons. The number of carbonyl (C=O) groups is 1. The number of rotatable bonds is 9. The van der Waals surface area contributed by atoms with E-state index in [-0.39, 0.29) is 6.61 Å². The lowest BCUT2D eigenvalue weighted by molar-refractivity contribution is -0.143. The Bertz CT molecular complexity index is 817. The summed E-state index contributed by atoms with van der Waals surface area (Å²) in [6, 6.07) is 30.2. The molecule has 0 unspecified atom stereocenters. The molecular formula is C25H25NO2S. The molecule has 0 aliphatic carbocycles. The molecule has 3 aromatic rings. The van der Waals surface area contributed by atoms with E-state index in [1.165, 1.54) is 0 Å². The average Bonchev–Trinajstić information content (AvgIpc) is 2.80. The first kappa shape index (κ1) is 20.9. The van der Waals surface area contributed by atoms with Gasteiger partial charge in [-0.05, 0) is 16.7 Å². The van der Waals surface area contributed by atoms with Crippen LogP contribution in [0.25, 0.3) is 0 Å². The Morgan fingerprint density at radius 1 is 0.897 bits per heavy atom. The third kappa shape index (κ3) is 4.78. The summed E-state index contributed by atoms with van der Waals surface area (Å²) in [5.74, 6) is -0.00485. The summed E-state index contributed by atoms with van der Waals surface area (Å²) in [5, 5.41) is 0. The molecule has 4 heteroatoms. The number of nitrogens with two attached hydrogens (primary N) is 1. The molecule has 0 saturated heterocycles. The molecule has 0 spiro atoms. The Balaban J connectivity index is 2.05. The minimum Gasteiger partial charge on any atom is -0.460 e. The maximum absolute atomic E-state index is 12.2. The molecule has 2 N–H and O–H groups in total. The van der Waals surface area contributed by atoms with Crippen molar-refractivity contribution in [2.24, 2.45) is 5.73 Å². The van der Waals surface area contributed by atoms with E-state index in [1.54, 1.807) is 17.8 Å². The molecule has 0 amide bonds. The summed E-state index contributed by atoms with van der Waals surface area (Å²) in [6.07, 6.45) is 1.54. The molecule has 0 heterocycles. The topological polar surface area (TPSA) is 52.3 Å². The van der Waals surface area contributed by atoms with Gasteiger partial charge in [0.05, 0.1) is 4.75 Å². The van der Waals surface area contributed by atoms with Crippen LogP contribution in [0.4, 0.5) is 0 Å². The first-order valence-corrected chi connectivity index (χ1v) is 10.5. The summed E-state index contributed by atoms with van der Waals surface area (Å²) < 4.78 is 4.64. The number of ether oxygens (including phenoxy) is 1. The number of thioether (sulfide) groups is 1. The second kappa shape index (κ2) is 10.1. The summed E-state index contributed by atoms with van der Waals surface area (Å²) >= 11 is 1.65. The van der Waals surface area contributed by atoms with Crippen LogP contribution in [-0.2, 0) is 14.3 Å². The standard InChI is InChI=1S/C25H25NO2S/c1-2-18-28-24(27)23(26)19-29-25(20-12-6-3-7-13-20,21-14-8-4-9-15-21)22-16-10-5-11-17-22/h2-17,23H,1,18-19,26H2/t23-/m0/s1. The van der Waals surface area contributed by atoms with Crippen LogP contribution in [0.15, 0.2) is 104 Å². The molecule has 0 saturated carbocycles. The average molecular weight is 404 g/mol. The van der Waals surface area contributed by atoms with Crippen LogP contribution in [-0.4, -0.2) is 24.4 Å². The van der Waals surface area contributed by atoms with Gasteiger partial charge in [0.1, 0.15) is 12.6 Å². The molecule has 0 fully saturated rings. The molecule has 0 aliphatic rings. The Morgan fingerprint density at radius 3 is 1.69 bits per heavy atom. The van der Waals surface area contributed by atoms with Gasteiger partial charge in [0.15, 0.2) is 0 Å². The molecule has 0 aliphatic heterocycles. The van der Waals surface area contributed by atoms with Crippen molar-refractivity contribution in [3.63, 3.8) is 0 Å². The van der Waals surface area contributed by atoms with Gasteiger partial charge in [-0.25, -0.2) is 0 Å². The third-order valence-electron chi connectivity index (χ3n) is 4.67. The number of carbonyl (C=O) groups excluding carboxylic acids is 1. The van der Waals surface area contributed by atoms with E-state index in [0.29, 0.717) is 5.75 Å². The largest absolute Gasteiger partial charge is 0.460 e. The summed E-state index contributed by atoms with van der Waals surface area (Å²) in [5.41, 5.74) is 9.57. The Hall–Kier alpha value is -2.82. The van der Waals surface area contributed by atoms with Gasteiger partial charge in [-0.2, -0.15) is 0 Å². The van der Waals surface area contributed by atoms with Crippen LogP contribution in [0.3, 0.4) is 0 Å². The molecule has 148 valence electrons. The highest BCUT2D eigenvalue weighted by molar-refractivity contribution is 8.00. The van der Waals surface area contributed by atoms with E-state index in [1.807, 2.05) is 54.6 Å². The van der Waals surface area contributed by atoms with Crippen molar-refractivity contribution in [3.8, 4) is 0 Å². The third-order valence-corrected chi connectivity index (χ3v) is 6.33. The van der Waals surface area contributed by atoms with E-state index in [4.69, 9.17) is 10.5 Å².